The molecule has 1 heterocycles. The Balaban J connectivity index is 2.11. The number of thioether (sulfide) groups is 1. The maximum Gasteiger partial charge on any atom is 0.326 e. The molecule has 0 saturated carbocycles. The third kappa shape index (κ3) is 4.36. The predicted octanol–water partition coefficient (Wildman–Crippen LogP) is 3.86. The summed E-state index contributed by atoms with van der Waals surface area (Å²) in [7, 11) is 0. The standard InChI is InChI=1S/C16H15ClFNO4S/c1-2-3-7-23-14(20)9-19-15(21)13(24-16(19)22)8-10-11(17)5-4-6-12(10)18/h4-6,8H,2-3,7,9H2,1H3/b13-8-. The second kappa shape index (κ2) is 8.30. The first-order valence-electron chi connectivity index (χ1n) is 7.29. The lowest BCUT2D eigenvalue weighted by Crippen LogP contribution is -2.34. The monoisotopic (exact) mass is 371 g/mol. The minimum atomic E-state index is -0.670. The van der Waals surface area contributed by atoms with Gasteiger partial charge in [0.25, 0.3) is 11.1 Å². The van der Waals surface area contributed by atoms with Crippen LogP contribution in [0.1, 0.15) is 25.3 Å². The molecule has 1 aromatic carbocycles. The maximum absolute atomic E-state index is 13.8. The van der Waals surface area contributed by atoms with E-state index in [1.807, 2.05) is 6.92 Å². The fraction of sp³-hybridized carbons (Fsp3) is 0.312. The summed E-state index contributed by atoms with van der Waals surface area (Å²) >= 11 is 6.54. The highest BCUT2D eigenvalue weighted by atomic mass is 35.5. The molecule has 0 unspecified atom stereocenters. The molecule has 0 atom stereocenters. The first kappa shape index (κ1) is 18.5. The van der Waals surface area contributed by atoms with E-state index >= 15 is 0 Å². The van der Waals surface area contributed by atoms with Crippen LogP contribution in [0.25, 0.3) is 6.08 Å². The lowest BCUT2D eigenvalue weighted by Gasteiger charge is -2.11. The van der Waals surface area contributed by atoms with E-state index < -0.39 is 29.5 Å². The number of imide groups is 1. The molecule has 128 valence electrons. The van der Waals surface area contributed by atoms with Crippen LogP contribution in [-0.4, -0.2) is 35.2 Å². The third-order valence-electron chi connectivity index (χ3n) is 3.20. The van der Waals surface area contributed by atoms with Crippen LogP contribution in [0.4, 0.5) is 9.18 Å². The van der Waals surface area contributed by atoms with E-state index in [1.54, 1.807) is 0 Å². The number of hydrogen-bond donors (Lipinski definition) is 0. The van der Waals surface area contributed by atoms with E-state index in [2.05, 4.69) is 0 Å². The molecule has 1 saturated heterocycles. The molecule has 8 heteroatoms. The summed E-state index contributed by atoms with van der Waals surface area (Å²) in [5.74, 6) is -1.93. The Morgan fingerprint density at radius 2 is 2.17 bits per heavy atom. The van der Waals surface area contributed by atoms with E-state index in [-0.39, 0.29) is 22.1 Å². The Hall–Kier alpha value is -1.86. The number of carbonyl (C=O) groups excluding carboxylic acids is 3. The molecule has 1 aliphatic heterocycles. The molecule has 1 aliphatic rings. The number of hydrogen-bond acceptors (Lipinski definition) is 5. The SMILES string of the molecule is CCCCOC(=O)CN1C(=O)S/C(=C\c2c(F)cccc2Cl)C1=O. The summed E-state index contributed by atoms with van der Waals surface area (Å²) in [6, 6.07) is 4.12. The number of nitrogens with zero attached hydrogens (tertiary/aromatic N) is 1. The fourth-order valence-corrected chi connectivity index (χ4v) is 2.96. The smallest absolute Gasteiger partial charge is 0.326 e. The quantitative estimate of drug-likeness (QED) is 0.431. The molecule has 1 fully saturated rings. The van der Waals surface area contributed by atoms with Crippen LogP contribution in [0.3, 0.4) is 0 Å². The number of rotatable bonds is 6. The summed E-state index contributed by atoms with van der Waals surface area (Å²) in [5, 5.41) is -0.480. The van der Waals surface area contributed by atoms with Crippen molar-refractivity contribution >= 4 is 46.6 Å². The van der Waals surface area contributed by atoms with Gasteiger partial charge in [0, 0.05) is 5.56 Å². The van der Waals surface area contributed by atoms with Crippen LogP contribution in [0.15, 0.2) is 23.1 Å². The second-order valence-electron chi connectivity index (χ2n) is 4.98. The average molecular weight is 372 g/mol. The average Bonchev–Trinajstić information content (AvgIpc) is 2.79. The van der Waals surface area contributed by atoms with Crippen molar-refractivity contribution in [2.75, 3.05) is 13.2 Å². The minimum Gasteiger partial charge on any atom is -0.464 e. The Labute approximate surface area is 147 Å². The van der Waals surface area contributed by atoms with Crippen LogP contribution in [-0.2, 0) is 14.3 Å². The van der Waals surface area contributed by atoms with Gasteiger partial charge in [-0.3, -0.25) is 19.3 Å². The van der Waals surface area contributed by atoms with Crippen LogP contribution in [0.2, 0.25) is 5.02 Å². The van der Waals surface area contributed by atoms with Gasteiger partial charge in [-0.05, 0) is 36.4 Å². The molecule has 24 heavy (non-hydrogen) atoms. The van der Waals surface area contributed by atoms with Crippen molar-refractivity contribution in [3.05, 3.63) is 39.5 Å². The molecule has 5 nitrogen and oxygen atoms in total. The Bertz CT molecular complexity index is 687. The van der Waals surface area contributed by atoms with Crippen molar-refractivity contribution in [2.45, 2.75) is 19.8 Å². The molecule has 2 rings (SSSR count). The molecule has 0 N–H and O–H groups in total. The lowest BCUT2D eigenvalue weighted by atomic mass is 10.2. The maximum atomic E-state index is 13.8. The molecule has 2 amide bonds. The highest BCUT2D eigenvalue weighted by Gasteiger charge is 2.36. The van der Waals surface area contributed by atoms with Gasteiger partial charge < -0.3 is 4.74 Å². The van der Waals surface area contributed by atoms with E-state index in [4.69, 9.17) is 16.3 Å². The van der Waals surface area contributed by atoms with Crippen LogP contribution >= 0.6 is 23.4 Å². The molecule has 1 aromatic rings. The van der Waals surface area contributed by atoms with E-state index in [0.717, 1.165) is 11.3 Å². The van der Waals surface area contributed by atoms with Crippen molar-refractivity contribution in [1.29, 1.82) is 0 Å². The molecule has 0 aliphatic carbocycles. The number of amides is 2. The Morgan fingerprint density at radius 3 is 2.83 bits per heavy atom. The Morgan fingerprint density at radius 1 is 1.42 bits per heavy atom. The summed E-state index contributed by atoms with van der Waals surface area (Å²) in [6.45, 7) is 1.73. The summed E-state index contributed by atoms with van der Waals surface area (Å²) in [5.41, 5.74) is 0.0233. The zero-order valence-corrected chi connectivity index (χ0v) is 14.5. The van der Waals surface area contributed by atoms with Gasteiger partial charge in [-0.2, -0.15) is 0 Å². The summed E-state index contributed by atoms with van der Waals surface area (Å²) < 4.78 is 18.7. The lowest BCUT2D eigenvalue weighted by molar-refractivity contribution is -0.146. The van der Waals surface area contributed by atoms with Crippen molar-refractivity contribution in [3.8, 4) is 0 Å². The first-order valence-corrected chi connectivity index (χ1v) is 8.48. The minimum absolute atomic E-state index is 0.00774. The predicted molar refractivity (Wildman–Crippen MR) is 90.0 cm³/mol. The molecule has 0 aromatic heterocycles. The van der Waals surface area contributed by atoms with Crippen LogP contribution in [0, 0.1) is 5.82 Å². The van der Waals surface area contributed by atoms with Gasteiger partial charge in [-0.25, -0.2) is 4.39 Å². The van der Waals surface area contributed by atoms with Crippen molar-refractivity contribution in [1.82, 2.24) is 4.90 Å². The number of benzene rings is 1. The van der Waals surface area contributed by atoms with Gasteiger partial charge in [0.1, 0.15) is 12.4 Å². The van der Waals surface area contributed by atoms with Crippen molar-refractivity contribution in [3.63, 3.8) is 0 Å². The molecule has 0 radical (unpaired) electrons. The number of esters is 1. The third-order valence-corrected chi connectivity index (χ3v) is 4.43. The number of halogens is 2. The molecule has 0 spiro atoms. The van der Waals surface area contributed by atoms with Gasteiger partial charge in [0.2, 0.25) is 0 Å². The van der Waals surface area contributed by atoms with Gasteiger partial charge in [0.05, 0.1) is 16.5 Å². The summed E-state index contributed by atoms with van der Waals surface area (Å²) in [4.78, 5) is 36.6. The number of unbranched alkanes of at least 4 members (excludes halogenated alkanes) is 1. The highest BCUT2D eigenvalue weighted by molar-refractivity contribution is 8.18. The van der Waals surface area contributed by atoms with E-state index in [0.29, 0.717) is 18.2 Å². The van der Waals surface area contributed by atoms with Crippen LogP contribution in [0.5, 0.6) is 0 Å². The normalized spacial score (nSPS) is 16.1. The van der Waals surface area contributed by atoms with Gasteiger partial charge >= 0.3 is 5.97 Å². The van der Waals surface area contributed by atoms with Crippen molar-refractivity contribution < 1.29 is 23.5 Å². The Kier molecular flexibility index (Phi) is 6.39. The van der Waals surface area contributed by atoms with E-state index in [9.17, 15) is 18.8 Å². The largest absolute Gasteiger partial charge is 0.464 e. The summed E-state index contributed by atoms with van der Waals surface area (Å²) in [6.07, 6.45) is 2.78. The van der Waals surface area contributed by atoms with E-state index in [1.165, 1.54) is 24.3 Å². The van der Waals surface area contributed by atoms with Crippen LogP contribution < -0.4 is 0 Å². The van der Waals surface area contributed by atoms with Gasteiger partial charge in [-0.1, -0.05) is 31.0 Å². The molecular weight excluding hydrogens is 357 g/mol. The zero-order valence-electron chi connectivity index (χ0n) is 12.9. The number of ether oxygens (including phenoxy) is 1. The first-order chi connectivity index (χ1) is 11.4. The van der Waals surface area contributed by atoms with Gasteiger partial charge in [0.15, 0.2) is 0 Å². The zero-order chi connectivity index (χ0) is 17.7. The second-order valence-corrected chi connectivity index (χ2v) is 6.38. The molecule has 0 bridgehead atoms. The van der Waals surface area contributed by atoms with Crippen molar-refractivity contribution in [2.24, 2.45) is 0 Å². The topological polar surface area (TPSA) is 63.7 Å². The molecular formula is C16H15ClFNO4S. The number of carbonyl (C=O) groups is 3. The fourth-order valence-electron chi connectivity index (χ4n) is 1.92. The highest BCUT2D eigenvalue weighted by Crippen LogP contribution is 2.34. The van der Waals surface area contributed by atoms with Gasteiger partial charge in [-0.15, -0.1) is 0 Å².